The molecule has 0 aliphatic heterocycles. The summed E-state index contributed by atoms with van der Waals surface area (Å²) in [6.45, 7) is 8.94. The molecule has 2 N–H and O–H groups in total. The largest absolute Gasteiger partial charge is 0.357 e. The number of aromatic nitrogens is 2. The normalized spacial score (nSPS) is 11.2. The highest BCUT2D eigenvalue weighted by atomic mass is 127. The third-order valence-electron chi connectivity index (χ3n) is 3.43. The van der Waals surface area contributed by atoms with Crippen molar-refractivity contribution < 1.29 is 0 Å². The van der Waals surface area contributed by atoms with Crippen LogP contribution in [-0.4, -0.2) is 28.8 Å². The van der Waals surface area contributed by atoms with Crippen LogP contribution in [0.25, 0.3) is 5.69 Å². The Morgan fingerprint density at radius 1 is 1.21 bits per heavy atom. The Morgan fingerprint density at radius 3 is 2.62 bits per heavy atom. The van der Waals surface area contributed by atoms with Gasteiger partial charge in [-0.05, 0) is 31.4 Å². The third-order valence-corrected chi connectivity index (χ3v) is 3.43. The minimum atomic E-state index is 0. The number of halogens is 1. The van der Waals surface area contributed by atoms with Crippen LogP contribution in [0.3, 0.4) is 0 Å². The zero-order chi connectivity index (χ0) is 16.5. The van der Waals surface area contributed by atoms with E-state index in [4.69, 9.17) is 0 Å². The van der Waals surface area contributed by atoms with Gasteiger partial charge in [0.25, 0.3) is 0 Å². The smallest absolute Gasteiger partial charge is 0.191 e. The van der Waals surface area contributed by atoms with Gasteiger partial charge in [0, 0.05) is 24.8 Å². The summed E-state index contributed by atoms with van der Waals surface area (Å²) >= 11 is 0. The van der Waals surface area contributed by atoms with Gasteiger partial charge < -0.3 is 10.6 Å². The molecule has 0 aliphatic rings. The number of hydrogen-bond donors (Lipinski definition) is 2. The van der Waals surface area contributed by atoms with Gasteiger partial charge in [-0.25, -0.2) is 9.67 Å². The van der Waals surface area contributed by atoms with Crippen LogP contribution in [0.1, 0.15) is 32.8 Å². The highest BCUT2D eigenvalue weighted by Crippen LogP contribution is 2.08. The average Bonchev–Trinajstić information content (AvgIpc) is 3.02. The Hall–Kier alpha value is -1.57. The Balaban J connectivity index is 0.00000288. The molecule has 132 valence electrons. The molecule has 1 heterocycles. The molecule has 0 spiro atoms. The van der Waals surface area contributed by atoms with E-state index in [9.17, 15) is 0 Å². The molecule has 0 atom stereocenters. The maximum atomic E-state index is 4.63. The first kappa shape index (κ1) is 20.5. The number of nitrogens with one attached hydrogen (secondary N) is 2. The van der Waals surface area contributed by atoms with E-state index in [-0.39, 0.29) is 24.0 Å². The van der Waals surface area contributed by atoms with Gasteiger partial charge in [0.1, 0.15) is 0 Å². The van der Waals surface area contributed by atoms with Crippen molar-refractivity contribution in [1.82, 2.24) is 20.4 Å². The molecule has 1 aromatic heterocycles. The Bertz CT molecular complexity index is 607. The molecule has 0 unspecified atom stereocenters. The topological polar surface area (TPSA) is 54.2 Å². The summed E-state index contributed by atoms with van der Waals surface area (Å²) in [6.07, 6.45) is 5.03. The minimum Gasteiger partial charge on any atom is -0.357 e. The van der Waals surface area contributed by atoms with E-state index in [0.29, 0.717) is 12.5 Å². The van der Waals surface area contributed by atoms with E-state index in [1.807, 2.05) is 47.4 Å². The van der Waals surface area contributed by atoms with Crippen LogP contribution in [0.15, 0.2) is 47.7 Å². The van der Waals surface area contributed by atoms with Gasteiger partial charge in [-0.3, -0.25) is 0 Å². The molecule has 0 saturated heterocycles. The number of para-hydroxylation sites is 1. The summed E-state index contributed by atoms with van der Waals surface area (Å²) in [5.41, 5.74) is 2.15. The molecule has 0 amide bonds. The molecule has 0 saturated carbocycles. The Morgan fingerprint density at radius 2 is 1.96 bits per heavy atom. The van der Waals surface area contributed by atoms with Crippen molar-refractivity contribution in [2.45, 2.75) is 33.7 Å². The third kappa shape index (κ3) is 6.90. The predicted molar refractivity (Wildman–Crippen MR) is 111 cm³/mol. The van der Waals surface area contributed by atoms with Crippen molar-refractivity contribution in [3.05, 3.63) is 48.3 Å². The van der Waals surface area contributed by atoms with Crippen LogP contribution in [-0.2, 0) is 6.54 Å². The number of benzene rings is 1. The first-order valence-electron chi connectivity index (χ1n) is 8.30. The van der Waals surface area contributed by atoms with E-state index < -0.39 is 0 Å². The number of rotatable bonds is 7. The molecular formula is C18H28IN5. The average molecular weight is 441 g/mol. The second kappa shape index (κ2) is 11.1. The second-order valence-electron chi connectivity index (χ2n) is 5.93. The van der Waals surface area contributed by atoms with Gasteiger partial charge in [0.05, 0.1) is 18.4 Å². The van der Waals surface area contributed by atoms with Gasteiger partial charge in [0.2, 0.25) is 0 Å². The van der Waals surface area contributed by atoms with Crippen LogP contribution < -0.4 is 10.6 Å². The van der Waals surface area contributed by atoms with Crippen molar-refractivity contribution >= 4 is 29.9 Å². The lowest BCUT2D eigenvalue weighted by molar-refractivity contribution is 0.573. The van der Waals surface area contributed by atoms with Crippen molar-refractivity contribution in [2.75, 3.05) is 13.1 Å². The second-order valence-corrected chi connectivity index (χ2v) is 5.93. The molecule has 0 fully saturated rings. The van der Waals surface area contributed by atoms with Crippen molar-refractivity contribution in [2.24, 2.45) is 10.9 Å². The molecule has 5 nitrogen and oxygen atoms in total. The molecule has 2 rings (SSSR count). The van der Waals surface area contributed by atoms with Crippen LogP contribution in [0.2, 0.25) is 0 Å². The molecule has 0 aliphatic carbocycles. The van der Waals surface area contributed by atoms with Crippen molar-refractivity contribution in [3.8, 4) is 5.69 Å². The van der Waals surface area contributed by atoms with Gasteiger partial charge in [0.15, 0.2) is 5.96 Å². The quantitative estimate of drug-likeness (QED) is 0.392. The maximum Gasteiger partial charge on any atom is 0.191 e. The van der Waals surface area contributed by atoms with Gasteiger partial charge in [-0.15, -0.1) is 24.0 Å². The zero-order valence-electron chi connectivity index (χ0n) is 14.7. The maximum absolute atomic E-state index is 4.63. The molecule has 0 bridgehead atoms. The van der Waals surface area contributed by atoms with Crippen LogP contribution in [0, 0.1) is 5.92 Å². The van der Waals surface area contributed by atoms with Gasteiger partial charge >= 0.3 is 0 Å². The van der Waals surface area contributed by atoms with Gasteiger partial charge in [-0.2, -0.15) is 5.10 Å². The monoisotopic (exact) mass is 441 g/mol. The van der Waals surface area contributed by atoms with E-state index in [1.165, 1.54) is 0 Å². The molecule has 6 heteroatoms. The van der Waals surface area contributed by atoms with E-state index >= 15 is 0 Å². The summed E-state index contributed by atoms with van der Waals surface area (Å²) in [5.74, 6) is 1.55. The fourth-order valence-corrected chi connectivity index (χ4v) is 2.16. The van der Waals surface area contributed by atoms with Crippen LogP contribution in [0.5, 0.6) is 0 Å². The summed E-state index contributed by atoms with van der Waals surface area (Å²) in [6, 6.07) is 10.1. The van der Waals surface area contributed by atoms with Crippen molar-refractivity contribution in [3.63, 3.8) is 0 Å². The fraction of sp³-hybridized carbons (Fsp3) is 0.444. The SMILES string of the molecule is CCNC(=NCc1cnn(-c2ccccc2)c1)NCCC(C)C.I. The molecule has 2 aromatic rings. The number of guanidine groups is 1. The van der Waals surface area contributed by atoms with Crippen LogP contribution in [0.4, 0.5) is 0 Å². The molecule has 0 radical (unpaired) electrons. The first-order valence-corrected chi connectivity index (χ1v) is 8.30. The molecular weight excluding hydrogens is 413 g/mol. The molecule has 1 aromatic carbocycles. The lowest BCUT2D eigenvalue weighted by Crippen LogP contribution is -2.38. The standard InChI is InChI=1S/C18H27N5.HI/c1-4-19-18(20-11-10-15(2)3)21-12-16-13-22-23(14-16)17-8-6-5-7-9-17;/h5-9,13-15H,4,10-12H2,1-3H3,(H2,19,20,21);1H. The van der Waals surface area contributed by atoms with Crippen LogP contribution >= 0.6 is 24.0 Å². The summed E-state index contributed by atoms with van der Waals surface area (Å²) < 4.78 is 1.88. The summed E-state index contributed by atoms with van der Waals surface area (Å²) in [5, 5.41) is 11.1. The number of aliphatic imine (C=N–C) groups is 1. The molecule has 24 heavy (non-hydrogen) atoms. The Labute approximate surface area is 162 Å². The zero-order valence-corrected chi connectivity index (χ0v) is 17.0. The van der Waals surface area contributed by atoms with Gasteiger partial charge in [-0.1, -0.05) is 32.0 Å². The first-order chi connectivity index (χ1) is 11.2. The number of hydrogen-bond acceptors (Lipinski definition) is 2. The fourth-order valence-electron chi connectivity index (χ4n) is 2.16. The van der Waals surface area contributed by atoms with E-state index in [0.717, 1.165) is 36.7 Å². The Kier molecular flexibility index (Phi) is 9.44. The minimum absolute atomic E-state index is 0. The number of nitrogens with zero attached hydrogens (tertiary/aromatic N) is 3. The van der Waals surface area contributed by atoms with Crippen molar-refractivity contribution in [1.29, 1.82) is 0 Å². The van der Waals surface area contributed by atoms with E-state index in [1.54, 1.807) is 0 Å². The van der Waals surface area contributed by atoms with E-state index in [2.05, 4.69) is 41.5 Å². The lowest BCUT2D eigenvalue weighted by atomic mass is 10.1. The lowest BCUT2D eigenvalue weighted by Gasteiger charge is -2.12. The summed E-state index contributed by atoms with van der Waals surface area (Å²) in [4.78, 5) is 4.63. The highest BCUT2D eigenvalue weighted by Gasteiger charge is 2.02. The highest BCUT2D eigenvalue weighted by molar-refractivity contribution is 14.0. The predicted octanol–water partition coefficient (Wildman–Crippen LogP) is 3.59. The summed E-state index contributed by atoms with van der Waals surface area (Å²) in [7, 11) is 0.